The highest BCUT2D eigenvalue weighted by Crippen LogP contribution is 2.30. The molecule has 1 aromatic carbocycles. The summed E-state index contributed by atoms with van der Waals surface area (Å²) in [5, 5.41) is 8.05. The molecule has 1 atom stereocenters. The molecule has 0 radical (unpaired) electrons. The van der Waals surface area contributed by atoms with Crippen LogP contribution in [0.1, 0.15) is 21.4 Å². The van der Waals surface area contributed by atoms with Gasteiger partial charge in [0.2, 0.25) is 0 Å². The van der Waals surface area contributed by atoms with Gasteiger partial charge in [-0.3, -0.25) is 9.89 Å². The van der Waals surface area contributed by atoms with Crippen LogP contribution >= 0.6 is 11.3 Å². The van der Waals surface area contributed by atoms with Crippen LogP contribution in [0.3, 0.4) is 0 Å². The second kappa shape index (κ2) is 5.55. The number of rotatable bonds is 2. The Kier molecular flexibility index (Phi) is 3.40. The van der Waals surface area contributed by atoms with Crippen LogP contribution in [0.25, 0.3) is 10.1 Å². The summed E-state index contributed by atoms with van der Waals surface area (Å²) in [5.41, 5.74) is 0.911. The molecule has 0 bridgehead atoms. The van der Waals surface area contributed by atoms with Crippen molar-refractivity contribution in [2.24, 2.45) is 0 Å². The van der Waals surface area contributed by atoms with E-state index in [1.54, 1.807) is 17.5 Å². The zero-order valence-electron chi connectivity index (χ0n) is 11.9. The van der Waals surface area contributed by atoms with E-state index < -0.39 is 0 Å². The van der Waals surface area contributed by atoms with Gasteiger partial charge < -0.3 is 9.64 Å². The van der Waals surface area contributed by atoms with Crippen LogP contribution in [-0.2, 0) is 4.74 Å². The second-order valence-electron chi connectivity index (χ2n) is 5.25. The minimum absolute atomic E-state index is 0.0594. The lowest BCUT2D eigenvalue weighted by Crippen LogP contribution is -2.43. The third kappa shape index (κ3) is 2.30. The average Bonchev–Trinajstić information content (AvgIpc) is 3.23. The molecule has 4 rings (SSSR count). The number of morpholine rings is 1. The number of nitrogens with one attached hydrogen (secondary N) is 1. The maximum absolute atomic E-state index is 12.9. The minimum atomic E-state index is -0.103. The number of amides is 1. The van der Waals surface area contributed by atoms with Gasteiger partial charge in [-0.15, -0.1) is 11.3 Å². The fourth-order valence-corrected chi connectivity index (χ4v) is 3.80. The van der Waals surface area contributed by atoms with E-state index in [1.165, 1.54) is 0 Å². The van der Waals surface area contributed by atoms with Gasteiger partial charge in [0.1, 0.15) is 0 Å². The fraction of sp³-hybridized carbons (Fsp3) is 0.250. The van der Waals surface area contributed by atoms with Crippen LogP contribution in [0.4, 0.5) is 0 Å². The third-order valence-electron chi connectivity index (χ3n) is 3.91. The summed E-state index contributed by atoms with van der Waals surface area (Å²) in [7, 11) is 0. The number of hydrogen-bond acceptors (Lipinski definition) is 4. The molecule has 0 aliphatic carbocycles. The van der Waals surface area contributed by atoms with E-state index in [0.29, 0.717) is 19.8 Å². The number of thiophene rings is 1. The molecule has 1 amide bonds. The molecule has 112 valence electrons. The lowest BCUT2D eigenvalue weighted by atomic mass is 10.1. The van der Waals surface area contributed by atoms with Gasteiger partial charge in [0, 0.05) is 17.4 Å². The first-order valence-corrected chi connectivity index (χ1v) is 8.01. The molecular weight excluding hydrogens is 298 g/mol. The van der Waals surface area contributed by atoms with Gasteiger partial charge in [0.05, 0.1) is 29.8 Å². The van der Waals surface area contributed by atoms with Crippen LogP contribution in [0.2, 0.25) is 0 Å². The molecule has 22 heavy (non-hydrogen) atoms. The number of fused-ring (bicyclic) bond motifs is 1. The topological polar surface area (TPSA) is 58.2 Å². The van der Waals surface area contributed by atoms with Crippen molar-refractivity contribution in [3.05, 3.63) is 53.2 Å². The van der Waals surface area contributed by atoms with E-state index >= 15 is 0 Å². The fourth-order valence-electron chi connectivity index (χ4n) is 2.79. The summed E-state index contributed by atoms with van der Waals surface area (Å²) in [6.45, 7) is 1.66. The van der Waals surface area contributed by atoms with Gasteiger partial charge in [-0.1, -0.05) is 18.2 Å². The monoisotopic (exact) mass is 313 g/mol. The van der Waals surface area contributed by atoms with Gasteiger partial charge in [-0.2, -0.15) is 5.10 Å². The number of carbonyl (C=O) groups is 1. The number of H-pyrrole nitrogens is 1. The smallest absolute Gasteiger partial charge is 0.264 e. The van der Waals surface area contributed by atoms with Gasteiger partial charge in [0.25, 0.3) is 5.91 Å². The summed E-state index contributed by atoms with van der Waals surface area (Å²) in [5.74, 6) is 0.0594. The first-order chi connectivity index (χ1) is 10.8. The number of ether oxygens (including phenoxy) is 1. The van der Waals surface area contributed by atoms with Crippen molar-refractivity contribution in [1.82, 2.24) is 15.1 Å². The van der Waals surface area contributed by atoms with Crippen molar-refractivity contribution in [2.45, 2.75) is 6.04 Å². The molecule has 6 heteroatoms. The van der Waals surface area contributed by atoms with Crippen molar-refractivity contribution in [2.75, 3.05) is 19.8 Å². The minimum Gasteiger partial charge on any atom is -0.377 e. The standard InChI is InChI=1S/C16H15N3O2S/c20-16(15-9-11-3-1-2-4-14(11)22-15)19-7-8-21-10-13(19)12-5-6-17-18-12/h1-6,9,13H,7-8,10H2,(H,17,18)/t13-/m0/s1. The first kappa shape index (κ1) is 13.5. The van der Waals surface area contributed by atoms with Crippen molar-refractivity contribution < 1.29 is 9.53 Å². The van der Waals surface area contributed by atoms with E-state index in [9.17, 15) is 4.79 Å². The molecule has 0 saturated carbocycles. The molecule has 3 heterocycles. The van der Waals surface area contributed by atoms with E-state index in [4.69, 9.17) is 4.74 Å². The van der Waals surface area contributed by atoms with Crippen molar-refractivity contribution in [3.63, 3.8) is 0 Å². The summed E-state index contributed by atoms with van der Waals surface area (Å²) in [6.07, 6.45) is 1.70. The lowest BCUT2D eigenvalue weighted by molar-refractivity contribution is -0.00364. The van der Waals surface area contributed by atoms with Gasteiger partial charge in [0.15, 0.2) is 0 Å². The Hall–Kier alpha value is -2.18. The molecule has 0 spiro atoms. The molecule has 1 fully saturated rings. The van der Waals surface area contributed by atoms with Crippen LogP contribution in [0.5, 0.6) is 0 Å². The number of hydrogen-bond donors (Lipinski definition) is 1. The molecule has 0 unspecified atom stereocenters. The summed E-state index contributed by atoms with van der Waals surface area (Å²) >= 11 is 1.54. The number of carbonyl (C=O) groups excluding carboxylic acids is 1. The van der Waals surface area contributed by atoms with Crippen molar-refractivity contribution >= 4 is 27.3 Å². The van der Waals surface area contributed by atoms with Crippen molar-refractivity contribution in [3.8, 4) is 0 Å². The second-order valence-corrected chi connectivity index (χ2v) is 6.33. The van der Waals surface area contributed by atoms with E-state index in [1.807, 2.05) is 41.3 Å². The highest BCUT2D eigenvalue weighted by Gasteiger charge is 2.31. The van der Waals surface area contributed by atoms with Gasteiger partial charge in [-0.25, -0.2) is 0 Å². The van der Waals surface area contributed by atoms with E-state index in [-0.39, 0.29) is 11.9 Å². The Morgan fingerprint density at radius 2 is 2.27 bits per heavy atom. The number of aromatic nitrogens is 2. The maximum Gasteiger partial charge on any atom is 0.264 e. The predicted octanol–water partition coefficient (Wildman–Crippen LogP) is 2.84. The molecule has 5 nitrogen and oxygen atoms in total. The molecule has 1 saturated heterocycles. The molecule has 1 aliphatic heterocycles. The van der Waals surface area contributed by atoms with Crippen LogP contribution in [-0.4, -0.2) is 40.8 Å². The zero-order chi connectivity index (χ0) is 14.9. The SMILES string of the molecule is O=C(c1cc2ccccc2s1)N1CCOC[C@H]1c1ccn[nH]1. The number of aromatic amines is 1. The quantitative estimate of drug-likeness (QED) is 0.791. The Morgan fingerprint density at radius 3 is 3.09 bits per heavy atom. The zero-order valence-corrected chi connectivity index (χ0v) is 12.7. The summed E-state index contributed by atoms with van der Waals surface area (Å²) in [6, 6.07) is 11.8. The predicted molar refractivity (Wildman–Crippen MR) is 85.0 cm³/mol. The molecule has 1 N–H and O–H groups in total. The summed E-state index contributed by atoms with van der Waals surface area (Å²) in [4.78, 5) is 15.6. The molecule has 2 aromatic heterocycles. The largest absolute Gasteiger partial charge is 0.377 e. The number of nitrogens with zero attached hydrogens (tertiary/aromatic N) is 2. The van der Waals surface area contributed by atoms with Crippen LogP contribution in [0, 0.1) is 0 Å². The molecule has 3 aromatic rings. The Morgan fingerprint density at radius 1 is 1.36 bits per heavy atom. The highest BCUT2D eigenvalue weighted by molar-refractivity contribution is 7.20. The number of benzene rings is 1. The Balaban J connectivity index is 1.67. The molecular formula is C16H15N3O2S. The normalized spacial score (nSPS) is 18.7. The van der Waals surface area contributed by atoms with Crippen LogP contribution in [0.15, 0.2) is 42.6 Å². The third-order valence-corrected chi connectivity index (χ3v) is 5.01. The van der Waals surface area contributed by atoms with E-state index in [2.05, 4.69) is 10.2 Å². The average molecular weight is 313 g/mol. The molecule has 1 aliphatic rings. The van der Waals surface area contributed by atoms with E-state index in [0.717, 1.165) is 20.7 Å². The Bertz CT molecular complexity index is 764. The van der Waals surface area contributed by atoms with Crippen molar-refractivity contribution in [1.29, 1.82) is 0 Å². The van der Waals surface area contributed by atoms with Crippen LogP contribution < -0.4 is 0 Å². The summed E-state index contributed by atoms with van der Waals surface area (Å²) < 4.78 is 6.68. The Labute approximate surface area is 131 Å². The van der Waals surface area contributed by atoms with Gasteiger partial charge >= 0.3 is 0 Å². The lowest BCUT2D eigenvalue weighted by Gasteiger charge is -2.34. The maximum atomic E-state index is 12.9. The van der Waals surface area contributed by atoms with Gasteiger partial charge in [-0.05, 0) is 23.6 Å². The first-order valence-electron chi connectivity index (χ1n) is 7.19. The highest BCUT2D eigenvalue weighted by atomic mass is 32.1.